The Labute approximate surface area is 176 Å². The number of carbonyl (C=O) groups is 1. The molecule has 29 heavy (non-hydrogen) atoms. The van der Waals surface area contributed by atoms with Crippen LogP contribution < -0.4 is 27.3 Å². The van der Waals surface area contributed by atoms with Gasteiger partial charge in [0, 0.05) is 19.5 Å². The number of guanidine groups is 1. The molecule has 0 saturated heterocycles. The summed E-state index contributed by atoms with van der Waals surface area (Å²) in [6.45, 7) is 2.10. The maximum atomic E-state index is 12.2. The summed E-state index contributed by atoms with van der Waals surface area (Å²) in [5, 5.41) is 6.14. The number of unbranched alkanes of at least 4 members (excludes halogenated alkanes) is 3. The molecule has 9 nitrogen and oxygen atoms in total. The number of benzene rings is 1. The Morgan fingerprint density at radius 2 is 1.93 bits per heavy atom. The van der Waals surface area contributed by atoms with E-state index in [4.69, 9.17) is 33.5 Å². The summed E-state index contributed by atoms with van der Waals surface area (Å²) in [5.74, 6) is 0.253. The van der Waals surface area contributed by atoms with Crippen LogP contribution in [0.5, 0.6) is 5.75 Å². The largest absolute Gasteiger partial charge is 0.492 e. The molecule has 0 spiro atoms. The van der Waals surface area contributed by atoms with E-state index in [9.17, 15) is 9.70 Å². The molecule has 0 aliphatic carbocycles. The van der Waals surface area contributed by atoms with Crippen molar-refractivity contribution in [2.24, 2.45) is 27.4 Å². The quantitative estimate of drug-likeness (QED) is 0.144. The van der Waals surface area contributed by atoms with E-state index < -0.39 is 6.04 Å². The lowest BCUT2D eigenvalue weighted by Gasteiger charge is -2.12. The predicted molar refractivity (Wildman–Crippen MR) is 116 cm³/mol. The third kappa shape index (κ3) is 10.7. The lowest BCUT2D eigenvalue weighted by Crippen LogP contribution is -2.35. The zero-order chi connectivity index (χ0) is 21.5. The van der Waals surface area contributed by atoms with Crippen molar-refractivity contribution >= 4 is 23.5 Å². The van der Waals surface area contributed by atoms with Crippen LogP contribution in [0.4, 0.5) is 0 Å². The highest BCUT2D eigenvalue weighted by atomic mass is 35.5. The lowest BCUT2D eigenvalue weighted by atomic mass is 10.1. The molecule has 1 aromatic carbocycles. The molecule has 0 aliphatic heterocycles. The Morgan fingerprint density at radius 1 is 1.17 bits per heavy atom. The molecule has 0 aromatic heterocycles. The number of carbonyl (C=O) groups excluding carboxylic acids is 1. The standard InChI is InChI=1S/C19H31ClN6O3/c20-15-12-14(6-7-17(15)29-11-5-8-21)13-16(26-28)18(27)24-9-3-1-2-4-10-25-19(22)23/h6-7,12,16H,1-5,8-11,13,21H2,(H,24,27)(H4,22,23,25). The molecule has 0 aliphatic rings. The van der Waals surface area contributed by atoms with Gasteiger partial charge in [-0.15, -0.1) is 4.91 Å². The van der Waals surface area contributed by atoms with E-state index in [0.717, 1.165) is 37.7 Å². The van der Waals surface area contributed by atoms with Gasteiger partial charge in [-0.25, -0.2) is 0 Å². The van der Waals surface area contributed by atoms with Crippen molar-refractivity contribution < 1.29 is 9.53 Å². The number of nitrogens with two attached hydrogens (primary N) is 3. The van der Waals surface area contributed by atoms with Crippen LogP contribution in [0.2, 0.25) is 5.02 Å². The number of ether oxygens (including phenoxy) is 1. The minimum absolute atomic E-state index is 0.0970. The number of halogens is 1. The minimum atomic E-state index is -1.00. The number of nitroso groups, excluding NO2 is 1. The average Bonchev–Trinajstić information content (AvgIpc) is 2.69. The molecule has 1 unspecified atom stereocenters. The molecule has 0 saturated carbocycles. The summed E-state index contributed by atoms with van der Waals surface area (Å²) >= 11 is 6.20. The molecular weight excluding hydrogens is 396 g/mol. The van der Waals surface area contributed by atoms with E-state index in [1.165, 1.54) is 0 Å². The second-order valence-electron chi connectivity index (χ2n) is 6.59. The van der Waals surface area contributed by atoms with Crippen LogP contribution in [-0.2, 0) is 11.2 Å². The highest BCUT2D eigenvalue weighted by Crippen LogP contribution is 2.26. The highest BCUT2D eigenvalue weighted by Gasteiger charge is 2.20. The Kier molecular flexibility index (Phi) is 12.4. The van der Waals surface area contributed by atoms with E-state index in [0.29, 0.717) is 37.0 Å². The number of nitrogens with zero attached hydrogens (tertiary/aromatic N) is 2. The van der Waals surface area contributed by atoms with E-state index in [-0.39, 0.29) is 18.3 Å². The van der Waals surface area contributed by atoms with E-state index in [1.54, 1.807) is 18.2 Å². The third-order valence-electron chi connectivity index (χ3n) is 4.14. The van der Waals surface area contributed by atoms with Crippen LogP contribution >= 0.6 is 11.6 Å². The summed E-state index contributed by atoms with van der Waals surface area (Å²) in [4.78, 5) is 27.2. The Hall–Kier alpha value is -2.39. The average molecular weight is 427 g/mol. The van der Waals surface area contributed by atoms with Crippen molar-refractivity contribution in [2.75, 3.05) is 26.2 Å². The summed E-state index contributed by atoms with van der Waals surface area (Å²) in [5.41, 5.74) is 16.7. The summed E-state index contributed by atoms with van der Waals surface area (Å²) < 4.78 is 5.53. The van der Waals surface area contributed by atoms with Gasteiger partial charge in [0.15, 0.2) is 12.0 Å². The number of hydrogen-bond donors (Lipinski definition) is 4. The van der Waals surface area contributed by atoms with Crippen LogP contribution in [0.1, 0.15) is 37.7 Å². The predicted octanol–water partition coefficient (Wildman–Crippen LogP) is 1.70. The zero-order valence-electron chi connectivity index (χ0n) is 16.6. The summed E-state index contributed by atoms with van der Waals surface area (Å²) in [7, 11) is 0. The maximum Gasteiger partial charge on any atom is 0.248 e. The van der Waals surface area contributed by atoms with Crippen LogP contribution in [-0.4, -0.2) is 44.1 Å². The summed E-state index contributed by atoms with van der Waals surface area (Å²) in [6, 6.07) is 4.17. The molecule has 7 N–H and O–H groups in total. The molecule has 1 atom stereocenters. The Balaban J connectivity index is 2.36. The molecule has 162 valence electrons. The zero-order valence-corrected chi connectivity index (χ0v) is 17.4. The van der Waals surface area contributed by atoms with Gasteiger partial charge in [0.05, 0.1) is 11.6 Å². The van der Waals surface area contributed by atoms with Gasteiger partial charge >= 0.3 is 0 Å². The number of amides is 1. The van der Waals surface area contributed by atoms with Gasteiger partial charge in [-0.05, 0) is 43.5 Å². The normalized spacial score (nSPS) is 11.5. The molecule has 1 rings (SSSR count). The fourth-order valence-corrected chi connectivity index (χ4v) is 2.84. The van der Waals surface area contributed by atoms with Crippen LogP contribution in [0.25, 0.3) is 0 Å². The van der Waals surface area contributed by atoms with E-state index in [2.05, 4.69) is 15.5 Å². The second kappa shape index (κ2) is 14.6. The first kappa shape index (κ1) is 24.6. The molecule has 0 radical (unpaired) electrons. The van der Waals surface area contributed by atoms with Gasteiger partial charge in [0.2, 0.25) is 5.91 Å². The van der Waals surface area contributed by atoms with Crippen LogP contribution in [0.15, 0.2) is 28.4 Å². The highest BCUT2D eigenvalue weighted by molar-refractivity contribution is 6.32. The van der Waals surface area contributed by atoms with Gasteiger partial charge in [-0.2, -0.15) is 0 Å². The number of hydrogen-bond acceptors (Lipinski definition) is 6. The molecule has 0 fully saturated rings. The Morgan fingerprint density at radius 3 is 2.59 bits per heavy atom. The number of rotatable bonds is 15. The van der Waals surface area contributed by atoms with Crippen molar-refractivity contribution in [1.29, 1.82) is 0 Å². The minimum Gasteiger partial charge on any atom is -0.492 e. The molecule has 1 aromatic rings. The van der Waals surface area contributed by atoms with Crippen molar-refractivity contribution in [3.8, 4) is 5.75 Å². The van der Waals surface area contributed by atoms with Crippen LogP contribution in [0.3, 0.4) is 0 Å². The van der Waals surface area contributed by atoms with E-state index >= 15 is 0 Å². The van der Waals surface area contributed by atoms with Crippen molar-refractivity contribution in [3.05, 3.63) is 33.7 Å². The number of aliphatic imine (C=N–C) groups is 1. The topological polar surface area (TPSA) is 158 Å². The van der Waals surface area contributed by atoms with Gasteiger partial charge in [-0.3, -0.25) is 9.79 Å². The first-order valence-electron chi connectivity index (χ1n) is 9.74. The number of nitrogens with one attached hydrogen (secondary N) is 1. The van der Waals surface area contributed by atoms with Gasteiger partial charge in [-0.1, -0.05) is 35.7 Å². The van der Waals surface area contributed by atoms with Crippen molar-refractivity contribution in [3.63, 3.8) is 0 Å². The Bertz CT molecular complexity index is 667. The SMILES string of the molecule is NCCCOc1ccc(CC(N=O)C(=O)NCCCCCCN=C(N)N)cc1Cl. The fourth-order valence-electron chi connectivity index (χ4n) is 2.58. The first-order valence-corrected chi connectivity index (χ1v) is 10.1. The van der Waals surface area contributed by atoms with Gasteiger partial charge in [0.1, 0.15) is 5.75 Å². The van der Waals surface area contributed by atoms with E-state index in [1.807, 2.05) is 0 Å². The fraction of sp³-hybridized carbons (Fsp3) is 0.579. The first-order chi connectivity index (χ1) is 14.0. The monoisotopic (exact) mass is 426 g/mol. The van der Waals surface area contributed by atoms with Gasteiger partial charge in [0.25, 0.3) is 0 Å². The lowest BCUT2D eigenvalue weighted by molar-refractivity contribution is -0.122. The molecule has 10 heteroatoms. The van der Waals surface area contributed by atoms with Crippen molar-refractivity contribution in [2.45, 2.75) is 44.6 Å². The maximum absolute atomic E-state index is 12.2. The summed E-state index contributed by atoms with van der Waals surface area (Å²) in [6.07, 6.45) is 4.49. The molecule has 0 heterocycles. The van der Waals surface area contributed by atoms with Crippen LogP contribution in [0, 0.1) is 4.91 Å². The molecular formula is C19H31ClN6O3. The second-order valence-corrected chi connectivity index (χ2v) is 7.00. The smallest absolute Gasteiger partial charge is 0.248 e. The van der Waals surface area contributed by atoms with Crippen molar-refractivity contribution in [1.82, 2.24) is 5.32 Å². The molecule has 1 amide bonds. The third-order valence-corrected chi connectivity index (χ3v) is 4.44. The van der Waals surface area contributed by atoms with Gasteiger partial charge < -0.3 is 27.3 Å². The molecule has 0 bridgehead atoms.